The predicted molar refractivity (Wildman–Crippen MR) is 46.8 cm³/mol. The van der Waals surface area contributed by atoms with Crippen LogP contribution in [0.1, 0.15) is 19.3 Å². The minimum Gasteiger partial charge on any atom is -0.392 e. The van der Waals surface area contributed by atoms with Gasteiger partial charge in [0.25, 0.3) is 0 Å². The molecular formula is C9H13NO3. The van der Waals surface area contributed by atoms with Gasteiger partial charge in [0.05, 0.1) is 6.61 Å². The van der Waals surface area contributed by atoms with Crippen LogP contribution in [0, 0.1) is 0 Å². The molecule has 1 aliphatic rings. The summed E-state index contributed by atoms with van der Waals surface area (Å²) in [5.74, 6) is -0.224. The number of aliphatic hydroxyl groups is 1. The number of carbonyl (C=O) groups excluding carboxylic acids is 2. The number of carbonyl (C=O) groups is 2. The van der Waals surface area contributed by atoms with Crippen molar-refractivity contribution >= 4 is 11.8 Å². The fourth-order valence-corrected chi connectivity index (χ4v) is 1.26. The van der Waals surface area contributed by atoms with Gasteiger partial charge in [-0.05, 0) is 6.42 Å². The maximum atomic E-state index is 11.2. The molecule has 1 aliphatic heterocycles. The van der Waals surface area contributed by atoms with Crippen molar-refractivity contribution in [2.24, 2.45) is 0 Å². The fraction of sp³-hybridized carbons (Fsp3) is 0.556. The summed E-state index contributed by atoms with van der Waals surface area (Å²) in [6.45, 7) is 0.231. The van der Waals surface area contributed by atoms with E-state index < -0.39 is 0 Å². The molecule has 0 spiro atoms. The van der Waals surface area contributed by atoms with Crippen molar-refractivity contribution in [3.63, 3.8) is 0 Å². The quantitative estimate of drug-likeness (QED) is 0.497. The number of likely N-dealkylation sites (tertiary alicyclic amines) is 1. The van der Waals surface area contributed by atoms with Crippen molar-refractivity contribution in [2.45, 2.75) is 19.3 Å². The van der Waals surface area contributed by atoms with E-state index in [0.29, 0.717) is 19.3 Å². The molecule has 0 unspecified atom stereocenters. The second kappa shape index (κ2) is 4.77. The number of piperidine rings is 1. The zero-order chi connectivity index (χ0) is 9.68. The maximum Gasteiger partial charge on any atom is 0.229 e. The molecule has 1 saturated heterocycles. The molecule has 0 aliphatic carbocycles. The van der Waals surface area contributed by atoms with Gasteiger partial charge in [-0.3, -0.25) is 14.5 Å². The lowest BCUT2D eigenvalue weighted by molar-refractivity contribution is -0.147. The number of aliphatic hydroxyl groups excluding tert-OH is 1. The van der Waals surface area contributed by atoms with Crippen LogP contribution in [0.25, 0.3) is 0 Å². The van der Waals surface area contributed by atoms with Crippen molar-refractivity contribution in [1.82, 2.24) is 4.90 Å². The van der Waals surface area contributed by atoms with Crippen LogP contribution < -0.4 is 0 Å². The molecule has 1 fully saturated rings. The fourth-order valence-electron chi connectivity index (χ4n) is 1.26. The van der Waals surface area contributed by atoms with Gasteiger partial charge in [-0.1, -0.05) is 12.2 Å². The smallest absolute Gasteiger partial charge is 0.229 e. The molecule has 0 saturated carbocycles. The lowest BCUT2D eigenvalue weighted by Gasteiger charge is -2.23. The summed E-state index contributed by atoms with van der Waals surface area (Å²) in [5.41, 5.74) is 0. The molecule has 1 N–H and O–H groups in total. The van der Waals surface area contributed by atoms with Gasteiger partial charge in [0.2, 0.25) is 11.8 Å². The molecule has 0 aromatic rings. The Kier molecular flexibility index (Phi) is 3.64. The third kappa shape index (κ3) is 2.66. The van der Waals surface area contributed by atoms with E-state index in [9.17, 15) is 9.59 Å². The summed E-state index contributed by atoms with van der Waals surface area (Å²) in [4.78, 5) is 23.6. The van der Waals surface area contributed by atoms with Crippen LogP contribution in [0.15, 0.2) is 12.2 Å². The number of hydrogen-bond acceptors (Lipinski definition) is 3. The van der Waals surface area contributed by atoms with E-state index in [2.05, 4.69) is 0 Å². The van der Waals surface area contributed by atoms with Gasteiger partial charge in [0, 0.05) is 19.4 Å². The van der Waals surface area contributed by atoms with E-state index in [0.717, 1.165) is 0 Å². The summed E-state index contributed by atoms with van der Waals surface area (Å²) in [7, 11) is 0. The molecule has 0 bridgehead atoms. The predicted octanol–water partition coefficient (Wildman–Crippen LogP) is 0.0740. The van der Waals surface area contributed by atoms with Gasteiger partial charge in [0.15, 0.2) is 0 Å². The largest absolute Gasteiger partial charge is 0.392 e. The van der Waals surface area contributed by atoms with Crippen LogP contribution in [0.4, 0.5) is 0 Å². The third-order valence-corrected chi connectivity index (χ3v) is 1.94. The molecule has 2 amide bonds. The Balaban J connectivity index is 2.49. The molecule has 1 rings (SSSR count). The van der Waals surface area contributed by atoms with Crippen LogP contribution in [0.2, 0.25) is 0 Å². The van der Waals surface area contributed by atoms with E-state index in [1.165, 1.54) is 11.0 Å². The first-order chi connectivity index (χ1) is 6.25. The van der Waals surface area contributed by atoms with Crippen LogP contribution in [0.3, 0.4) is 0 Å². The molecule has 1 heterocycles. The third-order valence-electron chi connectivity index (χ3n) is 1.94. The van der Waals surface area contributed by atoms with Crippen molar-refractivity contribution in [2.75, 3.05) is 13.2 Å². The number of amides is 2. The Morgan fingerprint density at radius 1 is 1.23 bits per heavy atom. The van der Waals surface area contributed by atoms with E-state index in [-0.39, 0.29) is 25.0 Å². The number of imide groups is 1. The highest BCUT2D eigenvalue weighted by Crippen LogP contribution is 2.11. The van der Waals surface area contributed by atoms with E-state index in [1.807, 2.05) is 0 Å². The zero-order valence-electron chi connectivity index (χ0n) is 7.40. The van der Waals surface area contributed by atoms with Crippen LogP contribution in [-0.2, 0) is 9.59 Å². The van der Waals surface area contributed by atoms with Gasteiger partial charge < -0.3 is 5.11 Å². The Morgan fingerprint density at radius 2 is 1.85 bits per heavy atom. The highest BCUT2D eigenvalue weighted by molar-refractivity contribution is 5.97. The van der Waals surface area contributed by atoms with Crippen molar-refractivity contribution in [3.05, 3.63) is 12.2 Å². The molecule has 4 heteroatoms. The first kappa shape index (κ1) is 9.92. The second-order valence-corrected chi connectivity index (χ2v) is 2.91. The van der Waals surface area contributed by atoms with E-state index in [1.54, 1.807) is 6.08 Å². The molecule has 0 aromatic carbocycles. The number of hydrogen-bond donors (Lipinski definition) is 1. The lowest BCUT2D eigenvalue weighted by Crippen LogP contribution is -2.40. The summed E-state index contributed by atoms with van der Waals surface area (Å²) >= 11 is 0. The number of nitrogens with zero attached hydrogens (tertiary/aromatic N) is 1. The topological polar surface area (TPSA) is 57.6 Å². The van der Waals surface area contributed by atoms with Gasteiger partial charge in [-0.15, -0.1) is 0 Å². The molecule has 4 nitrogen and oxygen atoms in total. The highest BCUT2D eigenvalue weighted by atomic mass is 16.2. The monoisotopic (exact) mass is 183 g/mol. The molecule has 72 valence electrons. The average molecular weight is 183 g/mol. The first-order valence-corrected chi connectivity index (χ1v) is 4.34. The highest BCUT2D eigenvalue weighted by Gasteiger charge is 2.24. The Hall–Kier alpha value is -1.16. The molecule has 0 aromatic heterocycles. The summed E-state index contributed by atoms with van der Waals surface area (Å²) in [6, 6.07) is 0. The minimum atomic E-state index is -0.112. The average Bonchev–Trinajstić information content (AvgIpc) is 2.10. The van der Waals surface area contributed by atoms with Gasteiger partial charge >= 0.3 is 0 Å². The van der Waals surface area contributed by atoms with Crippen LogP contribution >= 0.6 is 0 Å². The van der Waals surface area contributed by atoms with Gasteiger partial charge in [-0.2, -0.15) is 0 Å². The lowest BCUT2D eigenvalue weighted by atomic mass is 10.1. The van der Waals surface area contributed by atoms with E-state index >= 15 is 0 Å². The van der Waals surface area contributed by atoms with Crippen LogP contribution in [-0.4, -0.2) is 35.0 Å². The van der Waals surface area contributed by atoms with Crippen molar-refractivity contribution in [1.29, 1.82) is 0 Å². The Bertz CT molecular complexity index is 219. The maximum absolute atomic E-state index is 11.2. The molecular weight excluding hydrogens is 170 g/mol. The van der Waals surface area contributed by atoms with Crippen molar-refractivity contribution in [3.8, 4) is 0 Å². The molecule has 13 heavy (non-hydrogen) atoms. The Morgan fingerprint density at radius 3 is 2.38 bits per heavy atom. The first-order valence-electron chi connectivity index (χ1n) is 4.34. The second-order valence-electron chi connectivity index (χ2n) is 2.91. The van der Waals surface area contributed by atoms with Crippen LogP contribution in [0.5, 0.6) is 0 Å². The zero-order valence-corrected chi connectivity index (χ0v) is 7.40. The van der Waals surface area contributed by atoms with Gasteiger partial charge in [0.1, 0.15) is 0 Å². The SMILES string of the molecule is O=C1CCCC(=O)N1C/C=C/CO. The summed E-state index contributed by atoms with van der Waals surface area (Å²) < 4.78 is 0. The number of rotatable bonds is 3. The van der Waals surface area contributed by atoms with Gasteiger partial charge in [-0.25, -0.2) is 0 Å². The van der Waals surface area contributed by atoms with Crippen molar-refractivity contribution < 1.29 is 14.7 Å². The summed E-state index contributed by atoms with van der Waals surface area (Å²) in [6.07, 6.45) is 4.73. The standard InChI is InChI=1S/C9H13NO3/c11-7-2-1-6-10-8(12)4-3-5-9(10)13/h1-2,11H,3-7H2/b2-1+. The normalized spacial score (nSPS) is 18.7. The molecule has 0 radical (unpaired) electrons. The molecule has 0 atom stereocenters. The minimum absolute atomic E-state index is 0.0593. The summed E-state index contributed by atoms with van der Waals surface area (Å²) in [5, 5.41) is 8.45. The van der Waals surface area contributed by atoms with E-state index in [4.69, 9.17) is 5.11 Å². The Labute approximate surface area is 76.8 Å².